The Kier molecular flexibility index (Phi) is 4.38. The summed E-state index contributed by atoms with van der Waals surface area (Å²) in [6.45, 7) is 2.45. The first-order valence-electron chi connectivity index (χ1n) is 7.27. The van der Waals surface area contributed by atoms with E-state index in [1.807, 2.05) is 24.3 Å². The van der Waals surface area contributed by atoms with Crippen LogP contribution in [0.4, 0.5) is 5.69 Å². The number of carbonyl (C=O) groups is 1. The van der Waals surface area contributed by atoms with Crippen molar-refractivity contribution in [1.82, 2.24) is 10.6 Å². The van der Waals surface area contributed by atoms with Crippen molar-refractivity contribution in [3.8, 4) is 0 Å². The van der Waals surface area contributed by atoms with E-state index in [1.54, 1.807) is 12.1 Å². The maximum atomic E-state index is 11.9. The van der Waals surface area contributed by atoms with Crippen LogP contribution in [0.5, 0.6) is 0 Å². The molecule has 6 nitrogen and oxygen atoms in total. The highest BCUT2D eigenvalue weighted by molar-refractivity contribution is 6.02. The second-order valence-electron chi connectivity index (χ2n) is 5.00. The molecule has 6 heteroatoms. The molecule has 0 atom stereocenters. The van der Waals surface area contributed by atoms with E-state index in [2.05, 4.69) is 20.9 Å². The molecule has 0 saturated carbocycles. The van der Waals surface area contributed by atoms with Gasteiger partial charge in [-0.05, 0) is 36.2 Å². The summed E-state index contributed by atoms with van der Waals surface area (Å²) in [5.41, 5.74) is 1.80. The van der Waals surface area contributed by atoms with Crippen molar-refractivity contribution in [2.24, 2.45) is 4.99 Å². The number of benzene rings is 1. The highest BCUT2D eigenvalue weighted by Crippen LogP contribution is 2.12. The van der Waals surface area contributed by atoms with Crippen molar-refractivity contribution in [3.05, 3.63) is 54.0 Å². The van der Waals surface area contributed by atoms with E-state index in [0.717, 1.165) is 36.7 Å². The zero-order chi connectivity index (χ0) is 15.2. The maximum absolute atomic E-state index is 11.9. The molecule has 0 aliphatic carbocycles. The van der Waals surface area contributed by atoms with E-state index in [9.17, 15) is 4.79 Å². The Hall–Kier alpha value is -2.76. The third kappa shape index (κ3) is 3.66. The molecule has 3 N–H and O–H groups in total. The monoisotopic (exact) mass is 298 g/mol. The number of furan rings is 1. The highest BCUT2D eigenvalue weighted by Gasteiger charge is 2.09. The highest BCUT2D eigenvalue weighted by atomic mass is 16.3. The minimum absolute atomic E-state index is 0.256. The third-order valence-corrected chi connectivity index (χ3v) is 3.29. The summed E-state index contributed by atoms with van der Waals surface area (Å²) in [5, 5.41) is 9.28. The van der Waals surface area contributed by atoms with Gasteiger partial charge in [-0.3, -0.25) is 9.79 Å². The lowest BCUT2D eigenvalue weighted by Crippen LogP contribution is -2.40. The maximum Gasteiger partial charge on any atom is 0.291 e. The average molecular weight is 298 g/mol. The van der Waals surface area contributed by atoms with Gasteiger partial charge in [-0.1, -0.05) is 12.1 Å². The van der Waals surface area contributed by atoms with Crippen LogP contribution >= 0.6 is 0 Å². The molecule has 0 saturated heterocycles. The molecule has 1 aliphatic heterocycles. The summed E-state index contributed by atoms with van der Waals surface area (Å²) < 4.78 is 5.08. The first-order valence-corrected chi connectivity index (χ1v) is 7.27. The zero-order valence-corrected chi connectivity index (χ0v) is 12.1. The van der Waals surface area contributed by atoms with E-state index in [1.165, 1.54) is 6.26 Å². The predicted octanol–water partition coefficient (Wildman–Crippen LogP) is 1.97. The van der Waals surface area contributed by atoms with Crippen LogP contribution in [0.15, 0.2) is 52.1 Å². The Balaban J connectivity index is 1.60. The van der Waals surface area contributed by atoms with Gasteiger partial charge in [0.15, 0.2) is 11.7 Å². The fraction of sp³-hybridized carbons (Fsp3) is 0.250. The van der Waals surface area contributed by atoms with Crippen LogP contribution in [0.1, 0.15) is 22.5 Å². The average Bonchev–Trinajstić information content (AvgIpc) is 3.09. The van der Waals surface area contributed by atoms with Gasteiger partial charge in [-0.25, -0.2) is 0 Å². The Morgan fingerprint density at radius 2 is 2.27 bits per heavy atom. The summed E-state index contributed by atoms with van der Waals surface area (Å²) in [4.78, 5) is 16.3. The molecule has 0 unspecified atom stereocenters. The van der Waals surface area contributed by atoms with Crippen LogP contribution in [-0.4, -0.2) is 25.0 Å². The van der Waals surface area contributed by atoms with Crippen LogP contribution < -0.4 is 16.0 Å². The second-order valence-corrected chi connectivity index (χ2v) is 5.00. The fourth-order valence-corrected chi connectivity index (χ4v) is 2.20. The van der Waals surface area contributed by atoms with Crippen LogP contribution in [0.2, 0.25) is 0 Å². The number of amides is 1. The van der Waals surface area contributed by atoms with E-state index < -0.39 is 0 Å². The van der Waals surface area contributed by atoms with Gasteiger partial charge in [0.05, 0.1) is 6.26 Å². The summed E-state index contributed by atoms with van der Waals surface area (Å²) in [5.74, 6) is 0.869. The molecular weight excluding hydrogens is 280 g/mol. The molecule has 2 heterocycles. The first-order chi connectivity index (χ1) is 10.8. The molecule has 22 heavy (non-hydrogen) atoms. The number of carbonyl (C=O) groups excluding carboxylic acids is 1. The standard InChI is InChI=1S/C16H18N4O2/c21-15(14-6-2-9-22-14)20-13-5-1-4-12(10-13)11-19-16-17-7-3-8-18-16/h1-2,4-6,9-10H,3,7-8,11H2,(H,20,21)(H2,17,18,19). The van der Waals surface area contributed by atoms with Gasteiger partial charge in [0.2, 0.25) is 0 Å². The van der Waals surface area contributed by atoms with Gasteiger partial charge < -0.3 is 20.4 Å². The number of guanidine groups is 1. The molecule has 0 radical (unpaired) electrons. The first kappa shape index (κ1) is 14.2. The van der Waals surface area contributed by atoms with Gasteiger partial charge in [0.25, 0.3) is 5.91 Å². The summed E-state index contributed by atoms with van der Waals surface area (Å²) in [7, 11) is 0. The molecule has 1 aliphatic rings. The largest absolute Gasteiger partial charge is 0.459 e. The van der Waals surface area contributed by atoms with E-state index in [-0.39, 0.29) is 5.91 Å². The Bertz CT molecular complexity index is 665. The second kappa shape index (κ2) is 6.80. The van der Waals surface area contributed by atoms with Crippen LogP contribution in [0, 0.1) is 0 Å². The zero-order valence-electron chi connectivity index (χ0n) is 12.1. The molecule has 0 fully saturated rings. The lowest BCUT2D eigenvalue weighted by atomic mass is 10.2. The molecule has 3 rings (SSSR count). The fourth-order valence-electron chi connectivity index (χ4n) is 2.20. The van der Waals surface area contributed by atoms with Crippen LogP contribution in [0.3, 0.4) is 0 Å². The molecule has 1 amide bonds. The third-order valence-electron chi connectivity index (χ3n) is 3.29. The van der Waals surface area contributed by atoms with Crippen molar-refractivity contribution in [3.63, 3.8) is 0 Å². The number of hydrogen-bond acceptors (Lipinski definition) is 5. The molecule has 0 bridgehead atoms. The smallest absolute Gasteiger partial charge is 0.291 e. The number of anilines is 1. The minimum atomic E-state index is -0.256. The Labute approximate surface area is 128 Å². The molecule has 1 aromatic heterocycles. The van der Waals surface area contributed by atoms with Crippen molar-refractivity contribution in [2.45, 2.75) is 13.0 Å². The predicted molar refractivity (Wildman–Crippen MR) is 84.9 cm³/mol. The van der Waals surface area contributed by atoms with E-state index in [4.69, 9.17) is 4.42 Å². The van der Waals surface area contributed by atoms with Crippen molar-refractivity contribution < 1.29 is 9.21 Å². The summed E-state index contributed by atoms with van der Waals surface area (Å²) in [6.07, 6.45) is 2.55. The van der Waals surface area contributed by atoms with Crippen LogP contribution in [-0.2, 0) is 6.54 Å². The SMILES string of the molecule is O=C(Nc1cccc(CNC2=NCCCN2)c1)c1ccco1. The number of nitrogens with zero attached hydrogens (tertiary/aromatic N) is 1. The van der Waals surface area contributed by atoms with Gasteiger partial charge in [-0.2, -0.15) is 0 Å². The molecule has 0 spiro atoms. The van der Waals surface area contributed by atoms with Crippen molar-refractivity contribution >= 4 is 17.6 Å². The van der Waals surface area contributed by atoms with E-state index >= 15 is 0 Å². The Morgan fingerprint density at radius 1 is 1.32 bits per heavy atom. The van der Waals surface area contributed by atoms with Crippen LogP contribution in [0.25, 0.3) is 0 Å². The normalized spacial score (nSPS) is 13.9. The lowest BCUT2D eigenvalue weighted by molar-refractivity contribution is 0.0996. The molecule has 2 aromatic rings. The number of rotatable bonds is 4. The summed E-state index contributed by atoms with van der Waals surface area (Å²) >= 11 is 0. The number of nitrogens with one attached hydrogen (secondary N) is 3. The van der Waals surface area contributed by atoms with Gasteiger partial charge >= 0.3 is 0 Å². The molecule has 114 valence electrons. The quantitative estimate of drug-likeness (QED) is 0.806. The molecular formula is C16H18N4O2. The summed E-state index contributed by atoms with van der Waals surface area (Å²) in [6, 6.07) is 11.0. The molecule has 1 aromatic carbocycles. The lowest BCUT2D eigenvalue weighted by Gasteiger charge is -2.16. The van der Waals surface area contributed by atoms with Crippen molar-refractivity contribution in [1.29, 1.82) is 0 Å². The number of hydrogen-bond donors (Lipinski definition) is 3. The van der Waals surface area contributed by atoms with E-state index in [0.29, 0.717) is 12.3 Å². The Morgan fingerprint density at radius 3 is 3.05 bits per heavy atom. The van der Waals surface area contributed by atoms with Crippen molar-refractivity contribution in [2.75, 3.05) is 18.4 Å². The number of aliphatic imine (C=N–C) groups is 1. The van der Waals surface area contributed by atoms with Gasteiger partial charge in [0.1, 0.15) is 0 Å². The van der Waals surface area contributed by atoms with Gasteiger partial charge in [0, 0.05) is 25.3 Å². The van der Waals surface area contributed by atoms with Gasteiger partial charge in [-0.15, -0.1) is 0 Å². The topological polar surface area (TPSA) is 78.7 Å². The minimum Gasteiger partial charge on any atom is -0.459 e.